The van der Waals surface area contributed by atoms with Gasteiger partial charge < -0.3 is 10.2 Å². The van der Waals surface area contributed by atoms with Crippen molar-refractivity contribution in [3.8, 4) is 0 Å². The van der Waals surface area contributed by atoms with E-state index in [4.69, 9.17) is 5.11 Å². The fraction of sp³-hybridized carbons (Fsp3) is 0.917. The molecule has 0 unspecified atom stereocenters. The van der Waals surface area contributed by atoms with Crippen molar-refractivity contribution in [3.05, 3.63) is 0 Å². The summed E-state index contributed by atoms with van der Waals surface area (Å²) < 4.78 is 0. The second kappa shape index (κ2) is 20.2. The zero-order valence-electron chi connectivity index (χ0n) is 19.2. The van der Waals surface area contributed by atoms with E-state index in [0.29, 0.717) is 13.1 Å². The Balaban J connectivity index is 4.25. The van der Waals surface area contributed by atoms with E-state index in [2.05, 4.69) is 13.8 Å². The Morgan fingerprint density at radius 1 is 0.621 bits per heavy atom. The molecule has 0 saturated heterocycles. The summed E-state index contributed by atoms with van der Waals surface area (Å²) in [7, 11) is 0. The van der Waals surface area contributed by atoms with Gasteiger partial charge in [0.15, 0.2) is 0 Å². The molecule has 0 aromatic carbocycles. The molecule has 1 atom stereocenters. The fourth-order valence-electron chi connectivity index (χ4n) is 3.86. The van der Waals surface area contributed by atoms with Crippen LogP contribution in [0.2, 0.25) is 0 Å². The average molecular weight is 414 g/mol. The highest BCUT2D eigenvalue weighted by atomic mass is 16.4. The van der Waals surface area contributed by atoms with E-state index in [1.807, 2.05) is 4.90 Å². The molecule has 29 heavy (non-hydrogen) atoms. The first-order chi connectivity index (χ1) is 14.0. The van der Waals surface area contributed by atoms with Gasteiger partial charge in [0.25, 0.3) is 0 Å². The Hall–Kier alpha value is -1.10. The molecule has 5 nitrogen and oxygen atoms in total. The lowest BCUT2D eigenvalue weighted by molar-refractivity contribution is -0.149. The molecular weight excluding hydrogens is 366 g/mol. The van der Waals surface area contributed by atoms with Crippen LogP contribution >= 0.6 is 0 Å². The van der Waals surface area contributed by atoms with E-state index in [9.17, 15) is 14.7 Å². The van der Waals surface area contributed by atoms with Crippen molar-refractivity contribution < 1.29 is 19.8 Å². The van der Waals surface area contributed by atoms with Crippen molar-refractivity contribution in [2.75, 3.05) is 13.1 Å². The second-order valence-corrected chi connectivity index (χ2v) is 8.44. The first-order valence-corrected chi connectivity index (χ1v) is 12.2. The van der Waals surface area contributed by atoms with Crippen LogP contribution in [-0.2, 0) is 9.59 Å². The molecule has 0 aromatic rings. The number of rotatable bonds is 22. The Kier molecular flexibility index (Phi) is 19.4. The highest BCUT2D eigenvalue weighted by Gasteiger charge is 2.27. The van der Waals surface area contributed by atoms with Crippen LogP contribution in [0, 0.1) is 0 Å². The van der Waals surface area contributed by atoms with Gasteiger partial charge in [0.2, 0.25) is 0 Å². The number of carboxylic acid groups (broad SMARTS) is 2. The molecule has 0 heterocycles. The monoisotopic (exact) mass is 413 g/mol. The largest absolute Gasteiger partial charge is 0.481 e. The number of carboxylic acids is 2. The maximum atomic E-state index is 11.6. The van der Waals surface area contributed by atoms with Gasteiger partial charge in [0.05, 0.1) is 6.42 Å². The SMILES string of the molecule is CCCCCCCCCCN(CCCCCCCCCC)[C@@H](CC(=O)O)C(=O)O. The molecule has 2 N–H and O–H groups in total. The number of hydrogen-bond donors (Lipinski definition) is 2. The minimum Gasteiger partial charge on any atom is -0.481 e. The topological polar surface area (TPSA) is 77.8 Å². The standard InChI is InChI=1S/C24H47NO4/c1-3-5-7-9-11-13-15-17-19-25(22(24(28)29)21-23(26)27)20-18-16-14-12-10-8-6-4-2/h22H,3-21H2,1-2H3,(H,26,27)(H,28,29)/t22-/m0/s1. The predicted molar refractivity (Wildman–Crippen MR) is 120 cm³/mol. The summed E-state index contributed by atoms with van der Waals surface area (Å²) >= 11 is 0. The Labute approximate surface area is 179 Å². The van der Waals surface area contributed by atoms with Crippen LogP contribution in [-0.4, -0.2) is 46.2 Å². The van der Waals surface area contributed by atoms with E-state index < -0.39 is 18.0 Å². The first-order valence-electron chi connectivity index (χ1n) is 12.2. The third kappa shape index (κ3) is 17.5. The van der Waals surface area contributed by atoms with Crippen molar-refractivity contribution in [1.29, 1.82) is 0 Å². The number of carbonyl (C=O) groups is 2. The quantitative estimate of drug-likeness (QED) is 0.198. The van der Waals surface area contributed by atoms with Gasteiger partial charge in [-0.05, 0) is 25.9 Å². The normalized spacial score (nSPS) is 12.4. The van der Waals surface area contributed by atoms with Gasteiger partial charge in [-0.25, -0.2) is 0 Å². The fourth-order valence-corrected chi connectivity index (χ4v) is 3.86. The molecule has 0 radical (unpaired) electrons. The van der Waals surface area contributed by atoms with Gasteiger partial charge in [0.1, 0.15) is 6.04 Å². The van der Waals surface area contributed by atoms with Crippen molar-refractivity contribution >= 4 is 11.9 Å². The van der Waals surface area contributed by atoms with Crippen LogP contribution in [0.25, 0.3) is 0 Å². The summed E-state index contributed by atoms with van der Waals surface area (Å²) in [5.41, 5.74) is 0. The second-order valence-electron chi connectivity index (χ2n) is 8.44. The lowest BCUT2D eigenvalue weighted by Gasteiger charge is -2.28. The van der Waals surface area contributed by atoms with Crippen LogP contribution < -0.4 is 0 Å². The highest BCUT2D eigenvalue weighted by Crippen LogP contribution is 2.14. The summed E-state index contributed by atoms with van der Waals surface area (Å²) in [6.45, 7) is 5.82. The number of hydrogen-bond acceptors (Lipinski definition) is 3. The summed E-state index contributed by atoms with van der Waals surface area (Å²) in [5.74, 6) is -2.04. The number of nitrogens with zero attached hydrogens (tertiary/aromatic N) is 1. The minimum absolute atomic E-state index is 0.316. The number of unbranched alkanes of at least 4 members (excludes halogenated alkanes) is 14. The Morgan fingerprint density at radius 2 is 0.966 bits per heavy atom. The van der Waals surface area contributed by atoms with Gasteiger partial charge in [-0.1, -0.05) is 104 Å². The van der Waals surface area contributed by atoms with E-state index in [0.717, 1.165) is 25.7 Å². The van der Waals surface area contributed by atoms with Crippen LogP contribution in [0.1, 0.15) is 123 Å². The van der Waals surface area contributed by atoms with E-state index in [1.165, 1.54) is 77.0 Å². The maximum Gasteiger partial charge on any atom is 0.321 e. The molecule has 172 valence electrons. The zero-order valence-corrected chi connectivity index (χ0v) is 19.2. The summed E-state index contributed by atoms with van der Waals surface area (Å²) in [4.78, 5) is 24.7. The molecule has 0 rings (SSSR count). The molecule has 0 aliphatic heterocycles. The molecule has 0 aromatic heterocycles. The lowest BCUT2D eigenvalue weighted by Crippen LogP contribution is -2.43. The summed E-state index contributed by atoms with van der Waals surface area (Å²) in [5, 5.41) is 18.7. The smallest absolute Gasteiger partial charge is 0.321 e. The molecule has 0 saturated carbocycles. The maximum absolute atomic E-state index is 11.6. The molecule has 0 fully saturated rings. The minimum atomic E-state index is -1.03. The molecule has 0 aliphatic carbocycles. The van der Waals surface area contributed by atoms with E-state index >= 15 is 0 Å². The van der Waals surface area contributed by atoms with Crippen LogP contribution in [0.4, 0.5) is 0 Å². The highest BCUT2D eigenvalue weighted by molar-refractivity contribution is 5.80. The Morgan fingerprint density at radius 3 is 1.28 bits per heavy atom. The van der Waals surface area contributed by atoms with Crippen molar-refractivity contribution in [2.24, 2.45) is 0 Å². The van der Waals surface area contributed by atoms with Crippen molar-refractivity contribution in [2.45, 2.75) is 129 Å². The molecule has 0 bridgehead atoms. The van der Waals surface area contributed by atoms with Gasteiger partial charge in [-0.2, -0.15) is 0 Å². The third-order valence-electron chi connectivity index (χ3n) is 5.69. The molecule has 0 aliphatic rings. The predicted octanol–water partition coefficient (Wildman–Crippen LogP) is 6.50. The van der Waals surface area contributed by atoms with Gasteiger partial charge >= 0.3 is 11.9 Å². The van der Waals surface area contributed by atoms with Crippen LogP contribution in [0.3, 0.4) is 0 Å². The van der Waals surface area contributed by atoms with Crippen molar-refractivity contribution in [1.82, 2.24) is 4.90 Å². The van der Waals surface area contributed by atoms with Gasteiger partial charge in [-0.15, -0.1) is 0 Å². The van der Waals surface area contributed by atoms with Crippen LogP contribution in [0.15, 0.2) is 0 Å². The third-order valence-corrected chi connectivity index (χ3v) is 5.69. The van der Waals surface area contributed by atoms with Gasteiger partial charge in [-0.3, -0.25) is 14.5 Å². The number of aliphatic carboxylic acids is 2. The van der Waals surface area contributed by atoms with E-state index in [1.54, 1.807) is 0 Å². The lowest BCUT2D eigenvalue weighted by atomic mass is 10.1. The molecule has 0 spiro atoms. The van der Waals surface area contributed by atoms with Crippen LogP contribution in [0.5, 0.6) is 0 Å². The average Bonchev–Trinajstić information content (AvgIpc) is 2.68. The van der Waals surface area contributed by atoms with Crippen molar-refractivity contribution in [3.63, 3.8) is 0 Å². The summed E-state index contributed by atoms with van der Waals surface area (Å²) in [6, 6.07) is -0.901. The Bertz CT molecular complexity index is 380. The molecule has 0 amide bonds. The molecule has 5 heteroatoms. The summed E-state index contributed by atoms with van der Waals surface area (Å²) in [6.07, 6.45) is 19.0. The zero-order chi connectivity index (χ0) is 21.7. The van der Waals surface area contributed by atoms with Gasteiger partial charge in [0, 0.05) is 0 Å². The first kappa shape index (κ1) is 27.9. The van der Waals surface area contributed by atoms with E-state index in [-0.39, 0.29) is 6.42 Å². The molecular formula is C24H47NO4.